The number of aromatic nitrogens is 4. The average molecular weight is 382 g/mol. The standard InChI is InChI=1S/C21H31N7/c1-20(2,22-3)21-9-6-15(7-10-21)28(13-21)19-23-11-8-17(25-19)24-18-12-16(26-27-18)14-4-5-14/h8,11-12,14-15,22H,4-7,9-10,13H2,1-3H3,(H2,23,24,25,26,27). The molecule has 0 unspecified atom stereocenters. The molecule has 2 saturated carbocycles. The number of H-pyrrole nitrogens is 1. The van der Waals surface area contributed by atoms with Crippen LogP contribution in [0.1, 0.15) is 64.0 Å². The molecule has 0 radical (unpaired) electrons. The van der Waals surface area contributed by atoms with E-state index in [9.17, 15) is 0 Å². The quantitative estimate of drug-likeness (QED) is 0.710. The van der Waals surface area contributed by atoms with E-state index in [1.165, 1.54) is 44.2 Å². The lowest BCUT2D eigenvalue weighted by atomic mass is 9.58. The van der Waals surface area contributed by atoms with Gasteiger partial charge in [-0.2, -0.15) is 10.1 Å². The van der Waals surface area contributed by atoms with Gasteiger partial charge in [0.25, 0.3) is 0 Å². The summed E-state index contributed by atoms with van der Waals surface area (Å²) >= 11 is 0. The maximum Gasteiger partial charge on any atom is 0.227 e. The van der Waals surface area contributed by atoms with E-state index in [0.717, 1.165) is 24.1 Å². The Kier molecular flexibility index (Phi) is 4.12. The highest BCUT2D eigenvalue weighted by Gasteiger charge is 2.52. The number of hydrogen-bond acceptors (Lipinski definition) is 6. The van der Waals surface area contributed by atoms with Crippen LogP contribution < -0.4 is 15.5 Å². The van der Waals surface area contributed by atoms with Gasteiger partial charge in [-0.15, -0.1) is 0 Å². The van der Waals surface area contributed by atoms with Crippen molar-refractivity contribution in [2.45, 2.75) is 69.9 Å². The molecule has 0 atom stereocenters. The van der Waals surface area contributed by atoms with Crippen LogP contribution in [0.15, 0.2) is 18.3 Å². The molecule has 3 N–H and O–H groups in total. The molecular weight excluding hydrogens is 350 g/mol. The molecule has 7 heteroatoms. The predicted molar refractivity (Wildman–Crippen MR) is 111 cm³/mol. The van der Waals surface area contributed by atoms with E-state index in [2.05, 4.69) is 57.7 Å². The summed E-state index contributed by atoms with van der Waals surface area (Å²) < 4.78 is 0. The van der Waals surface area contributed by atoms with Crippen LogP contribution in [-0.2, 0) is 0 Å². The third kappa shape index (κ3) is 2.96. The van der Waals surface area contributed by atoms with Crippen molar-refractivity contribution in [2.24, 2.45) is 5.41 Å². The van der Waals surface area contributed by atoms with Crippen LogP contribution in [0.5, 0.6) is 0 Å². The SMILES string of the molecule is CNC(C)(C)C12CCC(CC1)N(c1nccc(Nc3cc(C4CC4)[nH]n3)n1)C2. The van der Waals surface area contributed by atoms with Crippen LogP contribution in [-0.4, -0.2) is 45.3 Å². The number of piperidine rings is 2. The minimum absolute atomic E-state index is 0.0980. The number of hydrogen-bond donors (Lipinski definition) is 3. The van der Waals surface area contributed by atoms with Gasteiger partial charge in [0.05, 0.1) is 0 Å². The van der Waals surface area contributed by atoms with E-state index in [4.69, 9.17) is 4.98 Å². The Morgan fingerprint density at radius 3 is 2.68 bits per heavy atom. The first kappa shape index (κ1) is 17.9. The average Bonchev–Trinajstić information content (AvgIpc) is 3.48. The Labute approximate surface area is 166 Å². The van der Waals surface area contributed by atoms with Gasteiger partial charge in [0.2, 0.25) is 5.95 Å². The third-order valence-corrected chi connectivity index (χ3v) is 7.55. The van der Waals surface area contributed by atoms with Gasteiger partial charge in [-0.3, -0.25) is 5.10 Å². The third-order valence-electron chi connectivity index (χ3n) is 7.55. The zero-order valence-electron chi connectivity index (χ0n) is 17.1. The van der Waals surface area contributed by atoms with Crippen molar-refractivity contribution in [3.63, 3.8) is 0 Å². The van der Waals surface area contributed by atoms with Crippen molar-refractivity contribution < 1.29 is 0 Å². The Balaban J connectivity index is 1.37. The van der Waals surface area contributed by atoms with Crippen LogP contribution in [0.2, 0.25) is 0 Å². The molecule has 6 rings (SSSR count). The first-order chi connectivity index (χ1) is 13.5. The highest BCUT2D eigenvalue weighted by atomic mass is 15.3. The maximum atomic E-state index is 4.85. The number of aromatic amines is 1. The lowest BCUT2D eigenvalue weighted by molar-refractivity contribution is 0.0319. The van der Waals surface area contributed by atoms with Crippen molar-refractivity contribution >= 4 is 17.6 Å². The van der Waals surface area contributed by atoms with E-state index >= 15 is 0 Å². The second-order valence-corrected chi connectivity index (χ2v) is 9.36. The van der Waals surface area contributed by atoms with Crippen LogP contribution >= 0.6 is 0 Å². The molecule has 2 aromatic heterocycles. The number of fused-ring (bicyclic) bond motifs is 3. The topological polar surface area (TPSA) is 81.8 Å². The van der Waals surface area contributed by atoms with Gasteiger partial charge in [0, 0.05) is 47.4 Å². The summed E-state index contributed by atoms with van der Waals surface area (Å²) in [7, 11) is 2.08. The van der Waals surface area contributed by atoms with Crippen molar-refractivity contribution in [1.29, 1.82) is 0 Å². The van der Waals surface area contributed by atoms with E-state index in [1.54, 1.807) is 0 Å². The normalized spacial score (nSPS) is 27.2. The van der Waals surface area contributed by atoms with Crippen LogP contribution in [0.25, 0.3) is 0 Å². The summed E-state index contributed by atoms with van der Waals surface area (Å²) in [5, 5.41) is 14.4. The van der Waals surface area contributed by atoms with Gasteiger partial charge in [-0.25, -0.2) is 4.98 Å². The van der Waals surface area contributed by atoms with Gasteiger partial charge in [0.1, 0.15) is 5.82 Å². The smallest absolute Gasteiger partial charge is 0.227 e. The molecule has 28 heavy (non-hydrogen) atoms. The van der Waals surface area contributed by atoms with Gasteiger partial charge in [-0.05, 0) is 65.5 Å². The molecule has 0 amide bonds. The summed E-state index contributed by atoms with van der Waals surface area (Å²) in [6.07, 6.45) is 9.37. The van der Waals surface area contributed by atoms with Gasteiger partial charge in [-0.1, -0.05) is 0 Å². The fourth-order valence-electron chi connectivity index (χ4n) is 5.09. The monoisotopic (exact) mass is 381 g/mol. The summed E-state index contributed by atoms with van der Waals surface area (Å²) in [6, 6.07) is 4.58. The number of rotatable bonds is 6. The molecule has 2 aromatic rings. The summed E-state index contributed by atoms with van der Waals surface area (Å²) in [5.74, 6) is 3.14. The second-order valence-electron chi connectivity index (χ2n) is 9.36. The molecule has 2 saturated heterocycles. The van der Waals surface area contributed by atoms with E-state index < -0.39 is 0 Å². The largest absolute Gasteiger partial charge is 0.337 e. The van der Waals surface area contributed by atoms with Crippen LogP contribution in [0.3, 0.4) is 0 Å². The molecule has 150 valence electrons. The van der Waals surface area contributed by atoms with Crippen molar-refractivity contribution in [2.75, 3.05) is 23.8 Å². The molecule has 4 fully saturated rings. The van der Waals surface area contributed by atoms with Crippen LogP contribution in [0.4, 0.5) is 17.6 Å². The van der Waals surface area contributed by atoms with E-state index in [-0.39, 0.29) is 11.0 Å². The molecule has 4 aliphatic rings. The number of nitrogens with one attached hydrogen (secondary N) is 3. The first-order valence-electron chi connectivity index (χ1n) is 10.6. The lowest BCUT2D eigenvalue weighted by Gasteiger charge is -2.59. The van der Waals surface area contributed by atoms with Gasteiger partial charge < -0.3 is 15.5 Å². The molecule has 4 heterocycles. The molecule has 0 aromatic carbocycles. The molecular formula is C21H31N7. The van der Waals surface area contributed by atoms with Crippen molar-refractivity contribution in [3.8, 4) is 0 Å². The van der Waals surface area contributed by atoms with E-state index in [1.807, 2.05) is 12.3 Å². The van der Waals surface area contributed by atoms with Crippen molar-refractivity contribution in [1.82, 2.24) is 25.5 Å². The zero-order valence-corrected chi connectivity index (χ0v) is 17.1. The fraction of sp³-hybridized carbons (Fsp3) is 0.667. The molecule has 7 nitrogen and oxygen atoms in total. The maximum absolute atomic E-state index is 4.85. The van der Waals surface area contributed by atoms with E-state index in [0.29, 0.717) is 12.0 Å². The minimum atomic E-state index is 0.0980. The Morgan fingerprint density at radius 1 is 1.18 bits per heavy atom. The summed E-state index contributed by atoms with van der Waals surface area (Å²) in [6.45, 7) is 5.69. The molecule has 2 aliphatic carbocycles. The fourth-order valence-corrected chi connectivity index (χ4v) is 5.09. The first-order valence-corrected chi connectivity index (χ1v) is 10.6. The van der Waals surface area contributed by atoms with Gasteiger partial charge >= 0.3 is 0 Å². The molecule has 2 bridgehead atoms. The Morgan fingerprint density at radius 2 is 1.96 bits per heavy atom. The van der Waals surface area contributed by atoms with Crippen LogP contribution in [0, 0.1) is 5.41 Å². The molecule has 0 spiro atoms. The molecule has 2 aliphatic heterocycles. The predicted octanol–water partition coefficient (Wildman–Crippen LogP) is 3.57. The number of anilines is 3. The zero-order chi connectivity index (χ0) is 19.4. The second kappa shape index (κ2) is 6.44. The highest BCUT2D eigenvalue weighted by Crippen LogP contribution is 2.51. The summed E-state index contributed by atoms with van der Waals surface area (Å²) in [4.78, 5) is 11.9. The Hall–Kier alpha value is -2.15. The lowest BCUT2D eigenvalue weighted by Crippen LogP contribution is -2.65. The summed E-state index contributed by atoms with van der Waals surface area (Å²) in [5.41, 5.74) is 1.59. The minimum Gasteiger partial charge on any atom is -0.337 e. The number of nitrogens with zero attached hydrogens (tertiary/aromatic N) is 4. The van der Waals surface area contributed by atoms with Gasteiger partial charge in [0.15, 0.2) is 5.82 Å². The van der Waals surface area contributed by atoms with Crippen molar-refractivity contribution in [3.05, 3.63) is 24.0 Å². The Bertz CT molecular complexity index is 846. The highest BCUT2D eigenvalue weighted by molar-refractivity contribution is 5.54.